The number of rotatable bonds is 4. The van der Waals surface area contributed by atoms with Gasteiger partial charge in [0.1, 0.15) is 6.10 Å². The van der Waals surface area contributed by atoms with E-state index in [1.165, 1.54) is 18.4 Å². The number of hydrogen-bond acceptors (Lipinski definition) is 6. The van der Waals surface area contributed by atoms with Gasteiger partial charge in [-0.2, -0.15) is 0 Å². The van der Waals surface area contributed by atoms with Gasteiger partial charge < -0.3 is 9.47 Å². The Kier molecular flexibility index (Phi) is 4.49. The van der Waals surface area contributed by atoms with Crippen molar-refractivity contribution >= 4 is 28.3 Å². The molecule has 0 aromatic carbocycles. The molecule has 0 radical (unpaired) electrons. The Morgan fingerprint density at radius 3 is 3.00 bits per heavy atom. The SMILES string of the molecule is COC(=O)Cc1sc(NC(=O)C2CCCO2)nc1C. The van der Waals surface area contributed by atoms with Crippen LogP contribution in [0.5, 0.6) is 0 Å². The fourth-order valence-electron chi connectivity index (χ4n) is 1.82. The smallest absolute Gasteiger partial charge is 0.310 e. The third-order valence-electron chi connectivity index (χ3n) is 2.88. The molecule has 1 aliphatic heterocycles. The summed E-state index contributed by atoms with van der Waals surface area (Å²) < 4.78 is 9.91. The first kappa shape index (κ1) is 14.0. The van der Waals surface area contributed by atoms with Gasteiger partial charge in [-0.05, 0) is 19.8 Å². The molecule has 0 spiro atoms. The van der Waals surface area contributed by atoms with Crippen molar-refractivity contribution in [1.82, 2.24) is 4.98 Å². The van der Waals surface area contributed by atoms with Crippen LogP contribution in [0.1, 0.15) is 23.4 Å². The number of aryl methyl sites for hydroxylation is 1. The number of methoxy groups -OCH3 is 1. The summed E-state index contributed by atoms with van der Waals surface area (Å²) in [5, 5.41) is 3.22. The molecule has 1 atom stereocenters. The molecule has 2 rings (SSSR count). The fourth-order valence-corrected chi connectivity index (χ4v) is 2.77. The minimum absolute atomic E-state index is 0.170. The van der Waals surface area contributed by atoms with Crippen LogP contribution in [0, 0.1) is 6.92 Å². The lowest BCUT2D eigenvalue weighted by molar-refractivity contribution is -0.139. The Balaban J connectivity index is 1.99. The zero-order chi connectivity index (χ0) is 13.8. The lowest BCUT2D eigenvalue weighted by Crippen LogP contribution is -2.26. The number of aromatic nitrogens is 1. The van der Waals surface area contributed by atoms with E-state index >= 15 is 0 Å². The highest BCUT2D eigenvalue weighted by Gasteiger charge is 2.24. The average Bonchev–Trinajstić information content (AvgIpc) is 3.00. The van der Waals surface area contributed by atoms with E-state index in [2.05, 4.69) is 15.0 Å². The number of esters is 1. The van der Waals surface area contributed by atoms with Gasteiger partial charge in [0.25, 0.3) is 5.91 Å². The summed E-state index contributed by atoms with van der Waals surface area (Å²) in [7, 11) is 1.35. The Hall–Kier alpha value is -1.47. The minimum Gasteiger partial charge on any atom is -0.469 e. The van der Waals surface area contributed by atoms with E-state index in [1.807, 2.05) is 0 Å². The predicted molar refractivity (Wildman–Crippen MR) is 70.2 cm³/mol. The van der Waals surface area contributed by atoms with E-state index in [0.29, 0.717) is 11.7 Å². The van der Waals surface area contributed by atoms with Gasteiger partial charge in [-0.3, -0.25) is 14.9 Å². The highest BCUT2D eigenvalue weighted by molar-refractivity contribution is 7.16. The van der Waals surface area contributed by atoms with E-state index in [4.69, 9.17) is 4.74 Å². The van der Waals surface area contributed by atoms with Gasteiger partial charge in [0.05, 0.1) is 19.2 Å². The lowest BCUT2D eigenvalue weighted by atomic mass is 10.2. The molecule has 1 aliphatic rings. The van der Waals surface area contributed by atoms with Crippen LogP contribution < -0.4 is 5.32 Å². The third kappa shape index (κ3) is 3.51. The number of hydrogen-bond donors (Lipinski definition) is 1. The number of amides is 1. The Morgan fingerprint density at radius 1 is 1.58 bits per heavy atom. The number of nitrogens with zero attached hydrogens (tertiary/aromatic N) is 1. The molecule has 1 fully saturated rings. The average molecular weight is 284 g/mol. The first-order chi connectivity index (χ1) is 9.10. The molecule has 1 aromatic rings. The highest BCUT2D eigenvalue weighted by atomic mass is 32.1. The topological polar surface area (TPSA) is 77.5 Å². The summed E-state index contributed by atoms with van der Waals surface area (Å²) in [4.78, 5) is 28.1. The molecule has 0 bridgehead atoms. The molecular weight excluding hydrogens is 268 g/mol. The quantitative estimate of drug-likeness (QED) is 0.843. The van der Waals surface area contributed by atoms with Crippen LogP contribution in [-0.4, -0.2) is 36.7 Å². The maximum atomic E-state index is 11.9. The molecule has 0 aliphatic carbocycles. The summed E-state index contributed by atoms with van der Waals surface area (Å²) in [6, 6.07) is 0. The maximum Gasteiger partial charge on any atom is 0.310 e. The monoisotopic (exact) mass is 284 g/mol. The van der Waals surface area contributed by atoms with Crippen molar-refractivity contribution in [3.8, 4) is 0 Å². The number of nitrogens with one attached hydrogen (secondary N) is 1. The number of carbonyl (C=O) groups is 2. The van der Waals surface area contributed by atoms with Crippen molar-refractivity contribution in [2.75, 3.05) is 19.0 Å². The van der Waals surface area contributed by atoms with Gasteiger partial charge in [0.15, 0.2) is 5.13 Å². The largest absolute Gasteiger partial charge is 0.469 e. The standard InChI is InChI=1S/C12H16N2O4S/c1-7-9(6-10(15)17-2)19-12(13-7)14-11(16)8-4-3-5-18-8/h8H,3-6H2,1-2H3,(H,13,14,16). The van der Waals surface area contributed by atoms with Gasteiger partial charge in [-0.15, -0.1) is 11.3 Å². The summed E-state index contributed by atoms with van der Waals surface area (Å²) in [6.45, 7) is 2.43. The Bertz CT molecular complexity index is 480. The molecule has 1 aromatic heterocycles. The molecular formula is C12H16N2O4S. The maximum absolute atomic E-state index is 11.9. The van der Waals surface area contributed by atoms with Crippen molar-refractivity contribution in [2.45, 2.75) is 32.3 Å². The van der Waals surface area contributed by atoms with E-state index in [0.717, 1.165) is 23.4 Å². The zero-order valence-electron chi connectivity index (χ0n) is 10.9. The predicted octanol–water partition coefficient (Wildman–Crippen LogP) is 1.28. The van der Waals surface area contributed by atoms with Gasteiger partial charge in [-0.25, -0.2) is 4.98 Å². The van der Waals surface area contributed by atoms with Gasteiger partial charge in [-0.1, -0.05) is 0 Å². The van der Waals surface area contributed by atoms with E-state index in [1.54, 1.807) is 6.92 Å². The molecule has 6 nitrogen and oxygen atoms in total. The highest BCUT2D eigenvalue weighted by Crippen LogP contribution is 2.24. The number of anilines is 1. The van der Waals surface area contributed by atoms with Gasteiger partial charge in [0, 0.05) is 11.5 Å². The summed E-state index contributed by atoms with van der Waals surface area (Å²) >= 11 is 1.29. The zero-order valence-corrected chi connectivity index (χ0v) is 11.7. The van der Waals surface area contributed by atoms with Crippen LogP contribution in [0.4, 0.5) is 5.13 Å². The van der Waals surface area contributed by atoms with E-state index in [9.17, 15) is 9.59 Å². The number of carbonyl (C=O) groups excluding carboxylic acids is 2. The molecule has 1 N–H and O–H groups in total. The molecule has 1 amide bonds. The van der Waals surface area contributed by atoms with E-state index < -0.39 is 0 Å². The molecule has 104 valence electrons. The lowest BCUT2D eigenvalue weighted by Gasteiger charge is -2.07. The first-order valence-electron chi connectivity index (χ1n) is 6.05. The van der Waals surface area contributed by atoms with Crippen molar-refractivity contribution in [3.05, 3.63) is 10.6 Å². The van der Waals surface area contributed by atoms with Gasteiger partial charge >= 0.3 is 5.97 Å². The molecule has 2 heterocycles. The Labute approximate surface area is 115 Å². The fraction of sp³-hybridized carbons (Fsp3) is 0.583. The third-order valence-corrected chi connectivity index (χ3v) is 3.95. The molecule has 1 unspecified atom stereocenters. The van der Waals surface area contributed by atoms with Crippen LogP contribution >= 0.6 is 11.3 Å². The second-order valence-electron chi connectivity index (χ2n) is 4.27. The first-order valence-corrected chi connectivity index (χ1v) is 6.87. The van der Waals surface area contributed by atoms with Crippen LogP contribution in [0.3, 0.4) is 0 Å². The second-order valence-corrected chi connectivity index (χ2v) is 5.36. The van der Waals surface area contributed by atoms with Gasteiger partial charge in [0.2, 0.25) is 0 Å². The van der Waals surface area contributed by atoms with Crippen LogP contribution in [0.2, 0.25) is 0 Å². The summed E-state index contributed by atoms with van der Waals surface area (Å²) in [5.74, 6) is -0.486. The molecule has 1 saturated heterocycles. The number of ether oxygens (including phenoxy) is 2. The van der Waals surface area contributed by atoms with Crippen molar-refractivity contribution in [2.24, 2.45) is 0 Å². The Morgan fingerprint density at radius 2 is 2.37 bits per heavy atom. The van der Waals surface area contributed by atoms with Crippen LogP contribution in [0.25, 0.3) is 0 Å². The van der Waals surface area contributed by atoms with Crippen LogP contribution in [-0.2, 0) is 25.5 Å². The van der Waals surface area contributed by atoms with E-state index in [-0.39, 0.29) is 24.4 Å². The van der Waals surface area contributed by atoms with Crippen molar-refractivity contribution < 1.29 is 19.1 Å². The summed E-state index contributed by atoms with van der Waals surface area (Å²) in [5.41, 5.74) is 0.734. The second kappa shape index (κ2) is 6.12. The van der Waals surface area contributed by atoms with Crippen molar-refractivity contribution in [1.29, 1.82) is 0 Å². The normalized spacial score (nSPS) is 18.3. The summed E-state index contributed by atoms with van der Waals surface area (Å²) in [6.07, 6.45) is 1.44. The number of thiazole rings is 1. The molecule has 7 heteroatoms. The molecule has 0 saturated carbocycles. The van der Waals surface area contributed by atoms with Crippen molar-refractivity contribution in [3.63, 3.8) is 0 Å². The molecule has 19 heavy (non-hydrogen) atoms. The van der Waals surface area contributed by atoms with Crippen LogP contribution in [0.15, 0.2) is 0 Å². The minimum atomic E-state index is -0.381.